The van der Waals surface area contributed by atoms with Crippen LogP contribution in [0.25, 0.3) is 0 Å². The number of aromatic nitrogens is 3. The maximum absolute atomic E-state index is 4.44. The molecule has 2 heterocycles. The van der Waals surface area contributed by atoms with Gasteiger partial charge in [-0.3, -0.25) is 9.67 Å². The quantitative estimate of drug-likeness (QED) is 0.415. The second-order valence-electron chi connectivity index (χ2n) is 4.81. The van der Waals surface area contributed by atoms with Crippen LogP contribution >= 0.6 is 35.3 Å². The molecule has 0 saturated heterocycles. The molecule has 0 radical (unpaired) electrons. The summed E-state index contributed by atoms with van der Waals surface area (Å²) in [6.07, 6.45) is 4.80. The molecular formula is C14H23IN6S. The standard InChI is InChI=1S/C14H22N6S.HI/c1-11-8-18-20(9-11)7-6-17-14(15-3)16-5-4-13-10-21-12(2)19-13;/h8-10H,4-7H2,1-3H3,(H2,15,16,17);1H. The number of hydrogen-bond donors (Lipinski definition) is 2. The summed E-state index contributed by atoms with van der Waals surface area (Å²) in [4.78, 5) is 8.65. The van der Waals surface area contributed by atoms with Gasteiger partial charge in [0.25, 0.3) is 0 Å². The van der Waals surface area contributed by atoms with Gasteiger partial charge in [-0.2, -0.15) is 5.10 Å². The van der Waals surface area contributed by atoms with Crippen molar-refractivity contribution in [2.75, 3.05) is 20.1 Å². The molecular weight excluding hydrogens is 411 g/mol. The summed E-state index contributed by atoms with van der Waals surface area (Å²) in [6.45, 7) is 6.50. The molecule has 0 aliphatic rings. The van der Waals surface area contributed by atoms with Crippen molar-refractivity contribution in [3.63, 3.8) is 0 Å². The highest BCUT2D eigenvalue weighted by atomic mass is 127. The lowest BCUT2D eigenvalue weighted by molar-refractivity contribution is 0.597. The molecule has 0 amide bonds. The minimum absolute atomic E-state index is 0. The Morgan fingerprint density at radius 3 is 2.68 bits per heavy atom. The van der Waals surface area contributed by atoms with E-state index in [2.05, 4.69) is 31.1 Å². The van der Waals surface area contributed by atoms with Gasteiger partial charge in [0.2, 0.25) is 0 Å². The van der Waals surface area contributed by atoms with Crippen LogP contribution in [0.3, 0.4) is 0 Å². The lowest BCUT2D eigenvalue weighted by atomic mass is 10.3. The predicted molar refractivity (Wildman–Crippen MR) is 102 cm³/mol. The minimum Gasteiger partial charge on any atom is -0.356 e. The van der Waals surface area contributed by atoms with Crippen LogP contribution in [0.15, 0.2) is 22.8 Å². The number of guanidine groups is 1. The first-order valence-electron chi connectivity index (χ1n) is 7.02. The lowest BCUT2D eigenvalue weighted by Gasteiger charge is -2.11. The molecule has 2 N–H and O–H groups in total. The number of rotatable bonds is 6. The van der Waals surface area contributed by atoms with E-state index < -0.39 is 0 Å². The summed E-state index contributed by atoms with van der Waals surface area (Å²) in [5.41, 5.74) is 2.31. The van der Waals surface area contributed by atoms with Crippen LogP contribution in [0.4, 0.5) is 0 Å². The molecule has 0 saturated carbocycles. The molecule has 0 fully saturated rings. The van der Waals surface area contributed by atoms with Gasteiger partial charge in [0.15, 0.2) is 5.96 Å². The topological polar surface area (TPSA) is 67.1 Å². The van der Waals surface area contributed by atoms with Crippen molar-refractivity contribution >= 4 is 41.3 Å². The van der Waals surface area contributed by atoms with E-state index >= 15 is 0 Å². The Morgan fingerprint density at radius 1 is 1.32 bits per heavy atom. The third kappa shape index (κ3) is 6.30. The van der Waals surface area contributed by atoms with Crippen LogP contribution in [-0.2, 0) is 13.0 Å². The number of halogens is 1. The van der Waals surface area contributed by atoms with Crippen molar-refractivity contribution in [2.24, 2.45) is 4.99 Å². The molecule has 2 aromatic rings. The largest absolute Gasteiger partial charge is 0.356 e. The van der Waals surface area contributed by atoms with E-state index in [9.17, 15) is 0 Å². The van der Waals surface area contributed by atoms with Crippen molar-refractivity contribution in [3.8, 4) is 0 Å². The van der Waals surface area contributed by atoms with E-state index in [0.29, 0.717) is 0 Å². The first kappa shape index (κ1) is 18.9. The van der Waals surface area contributed by atoms with E-state index in [-0.39, 0.29) is 24.0 Å². The van der Waals surface area contributed by atoms with Crippen molar-refractivity contribution < 1.29 is 0 Å². The Kier molecular flexibility index (Phi) is 8.39. The highest BCUT2D eigenvalue weighted by Gasteiger charge is 2.01. The van der Waals surface area contributed by atoms with Crippen LogP contribution in [0.1, 0.15) is 16.3 Å². The van der Waals surface area contributed by atoms with E-state index in [4.69, 9.17) is 0 Å². The summed E-state index contributed by atoms with van der Waals surface area (Å²) < 4.78 is 1.92. The molecule has 6 nitrogen and oxygen atoms in total. The Balaban J connectivity index is 0.00000242. The second kappa shape index (κ2) is 9.78. The number of thiazole rings is 1. The fraction of sp³-hybridized carbons (Fsp3) is 0.500. The molecule has 0 spiro atoms. The van der Waals surface area contributed by atoms with E-state index in [1.165, 1.54) is 5.56 Å². The molecule has 0 unspecified atom stereocenters. The minimum atomic E-state index is 0. The molecule has 2 aromatic heterocycles. The van der Waals surface area contributed by atoms with E-state index in [1.54, 1.807) is 18.4 Å². The third-order valence-corrected chi connectivity index (χ3v) is 3.78. The van der Waals surface area contributed by atoms with Crippen LogP contribution < -0.4 is 10.6 Å². The molecule has 8 heteroatoms. The van der Waals surface area contributed by atoms with Gasteiger partial charge in [-0.25, -0.2) is 4.98 Å². The lowest BCUT2D eigenvalue weighted by Crippen LogP contribution is -2.39. The average molecular weight is 434 g/mol. The zero-order valence-electron chi connectivity index (χ0n) is 13.2. The first-order chi connectivity index (χ1) is 10.2. The van der Waals surface area contributed by atoms with Crippen molar-refractivity contribution in [2.45, 2.75) is 26.8 Å². The van der Waals surface area contributed by atoms with Gasteiger partial charge in [-0.15, -0.1) is 35.3 Å². The van der Waals surface area contributed by atoms with Gasteiger partial charge < -0.3 is 10.6 Å². The number of aryl methyl sites for hydroxylation is 2. The fourth-order valence-electron chi connectivity index (χ4n) is 1.93. The van der Waals surface area contributed by atoms with Crippen LogP contribution in [-0.4, -0.2) is 40.9 Å². The van der Waals surface area contributed by atoms with Crippen LogP contribution in [0.2, 0.25) is 0 Å². The van der Waals surface area contributed by atoms with Gasteiger partial charge in [-0.05, 0) is 19.4 Å². The van der Waals surface area contributed by atoms with Crippen molar-refractivity contribution in [3.05, 3.63) is 34.0 Å². The molecule has 122 valence electrons. The zero-order valence-corrected chi connectivity index (χ0v) is 16.3. The normalized spacial score (nSPS) is 11.1. The summed E-state index contributed by atoms with van der Waals surface area (Å²) in [6, 6.07) is 0. The summed E-state index contributed by atoms with van der Waals surface area (Å²) in [5, 5.41) is 14.0. The van der Waals surface area contributed by atoms with Gasteiger partial charge in [-0.1, -0.05) is 0 Å². The summed E-state index contributed by atoms with van der Waals surface area (Å²) in [5.74, 6) is 0.811. The summed E-state index contributed by atoms with van der Waals surface area (Å²) >= 11 is 1.69. The van der Waals surface area contributed by atoms with Gasteiger partial charge in [0, 0.05) is 38.1 Å². The number of hydrogen-bond acceptors (Lipinski definition) is 4. The predicted octanol–water partition coefficient (Wildman–Crippen LogP) is 1.98. The van der Waals surface area contributed by atoms with Crippen molar-refractivity contribution in [1.29, 1.82) is 0 Å². The Bertz CT molecular complexity index is 543. The van der Waals surface area contributed by atoms with Gasteiger partial charge in [0.1, 0.15) is 0 Å². The Morgan fingerprint density at radius 2 is 2.09 bits per heavy atom. The van der Waals surface area contributed by atoms with Gasteiger partial charge in [0.05, 0.1) is 23.4 Å². The fourth-order valence-corrected chi connectivity index (χ4v) is 2.58. The molecule has 0 aliphatic carbocycles. The molecule has 22 heavy (non-hydrogen) atoms. The van der Waals surface area contributed by atoms with Crippen LogP contribution in [0.5, 0.6) is 0 Å². The van der Waals surface area contributed by atoms with Crippen LogP contribution in [0, 0.1) is 13.8 Å². The maximum atomic E-state index is 4.44. The van der Waals surface area contributed by atoms with Crippen molar-refractivity contribution in [1.82, 2.24) is 25.4 Å². The monoisotopic (exact) mass is 434 g/mol. The molecule has 0 aliphatic heterocycles. The highest BCUT2D eigenvalue weighted by molar-refractivity contribution is 14.0. The third-order valence-electron chi connectivity index (χ3n) is 2.96. The zero-order chi connectivity index (χ0) is 15.1. The molecule has 0 atom stereocenters. The number of nitrogens with one attached hydrogen (secondary N) is 2. The van der Waals surface area contributed by atoms with E-state index in [0.717, 1.165) is 42.7 Å². The smallest absolute Gasteiger partial charge is 0.191 e. The Labute approximate surface area is 152 Å². The molecule has 0 bridgehead atoms. The maximum Gasteiger partial charge on any atom is 0.191 e. The first-order valence-corrected chi connectivity index (χ1v) is 7.90. The molecule has 2 rings (SSSR count). The highest BCUT2D eigenvalue weighted by Crippen LogP contribution is 2.07. The number of aliphatic imine (C=N–C) groups is 1. The average Bonchev–Trinajstić information content (AvgIpc) is 3.06. The van der Waals surface area contributed by atoms with E-state index in [1.807, 2.05) is 30.9 Å². The van der Waals surface area contributed by atoms with Gasteiger partial charge >= 0.3 is 0 Å². The SMILES string of the molecule is CN=C(NCCc1csc(C)n1)NCCn1cc(C)cn1.I. The number of nitrogens with zero attached hydrogens (tertiary/aromatic N) is 4. The molecule has 0 aromatic carbocycles. The summed E-state index contributed by atoms with van der Waals surface area (Å²) in [7, 11) is 1.78. The second-order valence-corrected chi connectivity index (χ2v) is 5.88. The Hall–Kier alpha value is -1.16.